The van der Waals surface area contributed by atoms with Crippen LogP contribution in [0.5, 0.6) is 0 Å². The fourth-order valence-electron chi connectivity index (χ4n) is 5.24. The highest BCUT2D eigenvalue weighted by molar-refractivity contribution is 7.89. The monoisotopic (exact) mass is 424 g/mol. The molecule has 0 bridgehead atoms. The maximum Gasteiger partial charge on any atom is 0.262 e. The van der Waals surface area contributed by atoms with Gasteiger partial charge in [0.2, 0.25) is 0 Å². The largest absolute Gasteiger partial charge is 0.381 e. The molecule has 8 nitrogen and oxygen atoms in total. The zero-order chi connectivity index (χ0) is 20.1. The van der Waals surface area contributed by atoms with E-state index in [1.54, 1.807) is 22.1 Å². The van der Waals surface area contributed by atoms with Gasteiger partial charge in [0.05, 0.1) is 18.0 Å². The summed E-state index contributed by atoms with van der Waals surface area (Å²) in [7, 11) is -1.71. The molecule has 0 N–H and O–H groups in total. The Labute approximate surface area is 173 Å². The van der Waals surface area contributed by atoms with Crippen LogP contribution < -0.4 is 0 Å². The number of likely N-dealkylation sites (tertiary alicyclic amines) is 1. The maximum atomic E-state index is 12.9. The first-order valence-corrected chi connectivity index (χ1v) is 12.4. The summed E-state index contributed by atoms with van der Waals surface area (Å²) in [6.45, 7) is 4.59. The van der Waals surface area contributed by atoms with E-state index in [1.165, 1.54) is 19.2 Å². The van der Waals surface area contributed by atoms with Crippen LogP contribution in [-0.4, -0.2) is 84.3 Å². The summed E-state index contributed by atoms with van der Waals surface area (Å²) in [6.07, 6.45) is 9.83. The number of aromatic nitrogens is 2. The molecular formula is C20H32N4O4S. The standard InChI is InChI=1S/C20H32N4O4S/c1-22-13-19(21-15-22)29(25,26)23-8-4-17(5-9-23)24-12-18(28-14-16-2-3-16)20(24)6-10-27-11-7-20/h13,15-18H,2-12,14H2,1H3. The van der Waals surface area contributed by atoms with E-state index in [2.05, 4.69) is 9.88 Å². The van der Waals surface area contributed by atoms with E-state index < -0.39 is 10.0 Å². The maximum absolute atomic E-state index is 12.9. The fraction of sp³-hybridized carbons (Fsp3) is 0.850. The molecule has 1 saturated carbocycles. The summed E-state index contributed by atoms with van der Waals surface area (Å²) >= 11 is 0. The molecule has 29 heavy (non-hydrogen) atoms. The van der Waals surface area contributed by atoms with Crippen molar-refractivity contribution < 1.29 is 17.9 Å². The van der Waals surface area contributed by atoms with Crippen molar-refractivity contribution in [1.82, 2.24) is 18.8 Å². The van der Waals surface area contributed by atoms with Crippen LogP contribution in [0.3, 0.4) is 0 Å². The Balaban J connectivity index is 1.23. The number of sulfonamides is 1. The minimum atomic E-state index is -3.50. The Hall–Kier alpha value is -1.00. The van der Waals surface area contributed by atoms with E-state index in [0.29, 0.717) is 25.2 Å². The number of ether oxygens (including phenoxy) is 2. The molecule has 3 saturated heterocycles. The SMILES string of the molecule is Cn1cnc(S(=O)(=O)N2CCC(N3CC(OCC4CC4)C34CCOCC4)CC2)c1. The molecule has 1 aromatic heterocycles. The molecule has 0 radical (unpaired) electrons. The van der Waals surface area contributed by atoms with Crippen molar-refractivity contribution in [2.75, 3.05) is 39.5 Å². The van der Waals surface area contributed by atoms with Gasteiger partial charge in [0, 0.05) is 58.7 Å². The first kappa shape index (κ1) is 19.9. The molecule has 0 amide bonds. The Kier molecular flexibility index (Phi) is 5.23. The summed E-state index contributed by atoms with van der Waals surface area (Å²) in [6, 6.07) is 0.420. The smallest absolute Gasteiger partial charge is 0.262 e. The first-order valence-electron chi connectivity index (χ1n) is 10.9. The van der Waals surface area contributed by atoms with E-state index in [9.17, 15) is 8.42 Å². The van der Waals surface area contributed by atoms with Crippen LogP contribution in [-0.2, 0) is 26.5 Å². The van der Waals surface area contributed by atoms with Crippen LogP contribution in [0.25, 0.3) is 0 Å². The molecular weight excluding hydrogens is 392 g/mol. The highest BCUT2D eigenvalue weighted by Gasteiger charge is 2.57. The Morgan fingerprint density at radius 3 is 2.55 bits per heavy atom. The second kappa shape index (κ2) is 7.60. The number of nitrogens with zero attached hydrogens (tertiary/aromatic N) is 4. The fourth-order valence-corrected chi connectivity index (χ4v) is 6.68. The molecule has 4 aliphatic rings. The highest BCUT2D eigenvalue weighted by Crippen LogP contribution is 2.45. The average Bonchev–Trinajstić information content (AvgIpc) is 3.45. The van der Waals surface area contributed by atoms with Crippen molar-refractivity contribution in [1.29, 1.82) is 0 Å². The van der Waals surface area contributed by atoms with E-state index in [-0.39, 0.29) is 10.6 Å². The van der Waals surface area contributed by atoms with Crippen LogP contribution in [0, 0.1) is 5.92 Å². The van der Waals surface area contributed by atoms with Gasteiger partial charge >= 0.3 is 0 Å². The minimum Gasteiger partial charge on any atom is -0.381 e. The molecule has 1 spiro atoms. The molecule has 5 rings (SSSR count). The predicted molar refractivity (Wildman–Crippen MR) is 107 cm³/mol. The topological polar surface area (TPSA) is 76.9 Å². The summed E-state index contributed by atoms with van der Waals surface area (Å²) < 4.78 is 41.0. The number of rotatable bonds is 6. The lowest BCUT2D eigenvalue weighted by molar-refractivity contribution is -0.217. The zero-order valence-electron chi connectivity index (χ0n) is 17.2. The second-order valence-electron chi connectivity index (χ2n) is 9.15. The summed E-state index contributed by atoms with van der Waals surface area (Å²) in [5.41, 5.74) is 0.0971. The third-order valence-corrected chi connectivity index (χ3v) is 9.06. The molecule has 4 heterocycles. The van der Waals surface area contributed by atoms with Crippen molar-refractivity contribution in [3.8, 4) is 0 Å². The lowest BCUT2D eigenvalue weighted by Gasteiger charge is -2.63. The van der Waals surface area contributed by atoms with E-state index in [1.807, 2.05) is 0 Å². The third kappa shape index (κ3) is 3.65. The summed E-state index contributed by atoms with van der Waals surface area (Å²) in [5, 5.41) is 0.150. The van der Waals surface area contributed by atoms with Gasteiger partial charge < -0.3 is 14.0 Å². The van der Waals surface area contributed by atoms with Gasteiger partial charge in [-0.2, -0.15) is 4.31 Å². The quantitative estimate of drug-likeness (QED) is 0.684. The molecule has 162 valence electrons. The van der Waals surface area contributed by atoms with E-state index >= 15 is 0 Å². The van der Waals surface area contributed by atoms with Crippen molar-refractivity contribution >= 4 is 10.0 Å². The van der Waals surface area contributed by atoms with Crippen LogP contribution >= 0.6 is 0 Å². The van der Waals surface area contributed by atoms with Crippen LogP contribution in [0.15, 0.2) is 17.6 Å². The van der Waals surface area contributed by atoms with Crippen LogP contribution in [0.2, 0.25) is 0 Å². The van der Waals surface area contributed by atoms with Gasteiger partial charge in [-0.15, -0.1) is 0 Å². The van der Waals surface area contributed by atoms with Gasteiger partial charge in [-0.25, -0.2) is 13.4 Å². The predicted octanol–water partition coefficient (Wildman–Crippen LogP) is 1.23. The molecule has 9 heteroatoms. The van der Waals surface area contributed by atoms with Crippen LogP contribution in [0.1, 0.15) is 38.5 Å². The van der Waals surface area contributed by atoms with Crippen molar-refractivity contribution in [2.24, 2.45) is 13.0 Å². The van der Waals surface area contributed by atoms with Gasteiger partial charge in [0.1, 0.15) is 0 Å². The molecule has 0 aromatic carbocycles. The number of hydrogen-bond donors (Lipinski definition) is 0. The van der Waals surface area contributed by atoms with E-state index in [4.69, 9.17) is 9.47 Å². The molecule has 1 aromatic rings. The molecule has 3 aliphatic heterocycles. The molecule has 1 aliphatic carbocycles. The Morgan fingerprint density at radius 1 is 1.21 bits per heavy atom. The Bertz CT molecular complexity index is 823. The number of imidazole rings is 1. The zero-order valence-corrected chi connectivity index (χ0v) is 18.0. The minimum absolute atomic E-state index is 0.0971. The van der Waals surface area contributed by atoms with E-state index in [0.717, 1.165) is 58.0 Å². The van der Waals surface area contributed by atoms with Crippen molar-refractivity contribution in [2.45, 2.75) is 61.2 Å². The lowest BCUT2D eigenvalue weighted by Crippen LogP contribution is -2.76. The van der Waals surface area contributed by atoms with Crippen molar-refractivity contribution in [3.05, 3.63) is 12.5 Å². The van der Waals surface area contributed by atoms with Gasteiger partial charge in [-0.05, 0) is 44.4 Å². The number of hydrogen-bond acceptors (Lipinski definition) is 6. The summed E-state index contributed by atoms with van der Waals surface area (Å²) in [4.78, 5) is 6.68. The normalized spacial score (nSPS) is 29.2. The van der Waals surface area contributed by atoms with Gasteiger partial charge in [0.15, 0.2) is 5.03 Å². The Morgan fingerprint density at radius 2 is 1.93 bits per heavy atom. The van der Waals surface area contributed by atoms with Gasteiger partial charge in [0.25, 0.3) is 10.0 Å². The lowest BCUT2D eigenvalue weighted by atomic mass is 9.73. The summed E-state index contributed by atoms with van der Waals surface area (Å²) in [5.74, 6) is 0.779. The van der Waals surface area contributed by atoms with Gasteiger partial charge in [-0.1, -0.05) is 0 Å². The highest BCUT2D eigenvalue weighted by atomic mass is 32.2. The molecule has 1 unspecified atom stereocenters. The average molecular weight is 425 g/mol. The molecule has 1 atom stereocenters. The van der Waals surface area contributed by atoms with Gasteiger partial charge in [-0.3, -0.25) is 4.90 Å². The number of piperidine rings is 1. The molecule has 4 fully saturated rings. The third-order valence-electron chi connectivity index (χ3n) is 7.27. The second-order valence-corrected chi connectivity index (χ2v) is 11.0. The number of aryl methyl sites for hydroxylation is 1. The van der Waals surface area contributed by atoms with Crippen molar-refractivity contribution in [3.63, 3.8) is 0 Å². The first-order chi connectivity index (χ1) is 14.0. The van der Waals surface area contributed by atoms with Crippen LogP contribution in [0.4, 0.5) is 0 Å².